The molecule has 2 aromatic carbocycles. The Morgan fingerprint density at radius 1 is 1.05 bits per heavy atom. The minimum absolute atomic E-state index is 0. The van der Waals surface area contributed by atoms with Gasteiger partial charge in [-0.25, -0.2) is 22.8 Å². The molecule has 1 atom stereocenters. The summed E-state index contributed by atoms with van der Waals surface area (Å²) in [5, 5.41) is 0. The van der Waals surface area contributed by atoms with Crippen LogP contribution in [0.3, 0.4) is 0 Å². The zero-order valence-electron chi connectivity index (χ0n) is 21.5. The zero-order valence-corrected chi connectivity index (χ0v) is 22.3. The standard InChI is InChI=1S/C27H31FN6O3S.H2/c1-19(34-13-3-4-21-18-22(28)5-10-25(21)34)27(35)33-16-14-32(15-17-33)23-6-8-24(9-7-23)38(36,37)31-26-11-12-29-20(2)30-26;/h5-12,18-19H,3-4,13-17H2,1-2H3,(H,29,30,31);1H/t19-;/m1./s1. The number of hydrogen-bond acceptors (Lipinski definition) is 7. The van der Waals surface area contributed by atoms with E-state index in [1.165, 1.54) is 18.3 Å². The van der Waals surface area contributed by atoms with Gasteiger partial charge in [0, 0.05) is 51.7 Å². The highest BCUT2D eigenvalue weighted by Gasteiger charge is 2.31. The van der Waals surface area contributed by atoms with Crippen molar-refractivity contribution in [1.29, 1.82) is 0 Å². The predicted molar refractivity (Wildman–Crippen MR) is 146 cm³/mol. The fourth-order valence-electron chi connectivity index (χ4n) is 5.13. The third-order valence-electron chi connectivity index (χ3n) is 7.14. The molecule has 0 bridgehead atoms. The summed E-state index contributed by atoms with van der Waals surface area (Å²) in [5.74, 6) is 0.512. The molecular formula is C27H33FN6O3S. The monoisotopic (exact) mass is 540 g/mol. The SMILES string of the molecule is Cc1nccc(NS(=O)(=O)c2ccc(N3CCN(C(=O)[C@@H](C)N4CCCc5cc(F)ccc54)CC3)cc2)n1.[HH]. The number of aryl methyl sites for hydroxylation is 2. The van der Waals surface area contributed by atoms with Crippen molar-refractivity contribution < 1.29 is 19.0 Å². The number of rotatable bonds is 6. The summed E-state index contributed by atoms with van der Waals surface area (Å²) in [4.78, 5) is 27.7. The van der Waals surface area contributed by atoms with Crippen LogP contribution in [0.25, 0.3) is 0 Å². The maximum Gasteiger partial charge on any atom is 0.263 e. The van der Waals surface area contributed by atoms with E-state index < -0.39 is 10.0 Å². The second kappa shape index (κ2) is 10.6. The lowest BCUT2D eigenvalue weighted by Gasteiger charge is -2.41. The smallest absolute Gasteiger partial charge is 0.263 e. The van der Waals surface area contributed by atoms with Crippen molar-refractivity contribution in [2.24, 2.45) is 0 Å². The maximum atomic E-state index is 13.7. The van der Waals surface area contributed by atoms with E-state index in [1.807, 2.05) is 11.8 Å². The lowest BCUT2D eigenvalue weighted by atomic mass is 9.99. The number of fused-ring (bicyclic) bond motifs is 1. The van der Waals surface area contributed by atoms with Gasteiger partial charge in [-0.15, -0.1) is 0 Å². The number of carbonyl (C=O) groups is 1. The number of amides is 1. The fourth-order valence-corrected chi connectivity index (χ4v) is 6.13. The Morgan fingerprint density at radius 3 is 2.50 bits per heavy atom. The molecule has 3 aromatic rings. The van der Waals surface area contributed by atoms with Crippen LogP contribution in [0.4, 0.5) is 21.6 Å². The first-order chi connectivity index (χ1) is 18.2. The van der Waals surface area contributed by atoms with Crippen molar-refractivity contribution in [1.82, 2.24) is 14.9 Å². The third kappa shape index (κ3) is 5.42. The van der Waals surface area contributed by atoms with E-state index in [9.17, 15) is 17.6 Å². The molecule has 0 aliphatic carbocycles. The van der Waals surface area contributed by atoms with E-state index in [-0.39, 0.29) is 29.9 Å². The molecular weight excluding hydrogens is 507 g/mol. The van der Waals surface area contributed by atoms with Crippen LogP contribution in [0.1, 0.15) is 26.2 Å². The second-order valence-electron chi connectivity index (χ2n) is 9.65. The molecule has 0 saturated carbocycles. The highest BCUT2D eigenvalue weighted by molar-refractivity contribution is 7.92. The van der Waals surface area contributed by atoms with E-state index in [1.54, 1.807) is 43.3 Å². The van der Waals surface area contributed by atoms with Gasteiger partial charge in [-0.2, -0.15) is 0 Å². The lowest BCUT2D eigenvalue weighted by molar-refractivity contribution is -0.132. The molecule has 1 amide bonds. The second-order valence-corrected chi connectivity index (χ2v) is 11.3. The van der Waals surface area contributed by atoms with Gasteiger partial charge in [0.15, 0.2) is 0 Å². The van der Waals surface area contributed by atoms with Gasteiger partial charge in [-0.1, -0.05) is 0 Å². The average Bonchev–Trinajstić information content (AvgIpc) is 2.91. The first kappa shape index (κ1) is 25.9. The number of nitrogens with zero attached hydrogens (tertiary/aromatic N) is 5. The van der Waals surface area contributed by atoms with Crippen LogP contribution in [0, 0.1) is 12.7 Å². The first-order valence-corrected chi connectivity index (χ1v) is 14.2. The largest absolute Gasteiger partial charge is 0.368 e. The van der Waals surface area contributed by atoms with Crippen LogP contribution >= 0.6 is 0 Å². The van der Waals surface area contributed by atoms with E-state index in [0.29, 0.717) is 32.0 Å². The van der Waals surface area contributed by atoms with Crippen molar-refractivity contribution in [3.63, 3.8) is 0 Å². The zero-order chi connectivity index (χ0) is 26.9. The van der Waals surface area contributed by atoms with Gasteiger partial charge < -0.3 is 14.7 Å². The number of sulfonamides is 1. The van der Waals surface area contributed by atoms with Gasteiger partial charge in [0.2, 0.25) is 5.91 Å². The maximum absolute atomic E-state index is 13.7. The minimum Gasteiger partial charge on any atom is -0.368 e. The molecule has 1 N–H and O–H groups in total. The molecule has 2 aliphatic heterocycles. The van der Waals surface area contributed by atoms with Crippen LogP contribution in [0.15, 0.2) is 59.6 Å². The first-order valence-electron chi connectivity index (χ1n) is 12.7. The topological polar surface area (TPSA) is 98.7 Å². The number of carbonyl (C=O) groups excluding carboxylic acids is 1. The highest BCUT2D eigenvalue weighted by Crippen LogP contribution is 2.30. The molecule has 5 rings (SSSR count). The molecule has 3 heterocycles. The quantitative estimate of drug-likeness (QED) is 0.511. The van der Waals surface area contributed by atoms with Gasteiger partial charge >= 0.3 is 0 Å². The van der Waals surface area contributed by atoms with Crippen molar-refractivity contribution in [2.45, 2.75) is 37.6 Å². The number of halogens is 1. The van der Waals surface area contributed by atoms with E-state index in [2.05, 4.69) is 24.5 Å². The molecule has 1 fully saturated rings. The van der Waals surface area contributed by atoms with Gasteiger partial charge in [-0.05, 0) is 80.8 Å². The molecule has 38 heavy (non-hydrogen) atoms. The van der Waals surface area contributed by atoms with Crippen molar-refractivity contribution >= 4 is 33.1 Å². The van der Waals surface area contributed by atoms with Gasteiger partial charge in [0.25, 0.3) is 10.0 Å². The van der Waals surface area contributed by atoms with Crippen molar-refractivity contribution in [2.75, 3.05) is 47.2 Å². The number of aromatic nitrogens is 2. The Bertz CT molecular complexity index is 1430. The van der Waals surface area contributed by atoms with E-state index in [4.69, 9.17) is 0 Å². The van der Waals surface area contributed by atoms with Crippen LogP contribution in [-0.4, -0.2) is 68.0 Å². The fraction of sp³-hybridized carbons (Fsp3) is 0.370. The Kier molecular flexibility index (Phi) is 7.20. The van der Waals surface area contributed by atoms with Crippen LogP contribution in [-0.2, 0) is 21.2 Å². The molecule has 2 aliphatic rings. The van der Waals surface area contributed by atoms with Gasteiger partial charge in [-0.3, -0.25) is 9.52 Å². The van der Waals surface area contributed by atoms with Crippen molar-refractivity contribution in [3.05, 3.63) is 71.9 Å². The van der Waals surface area contributed by atoms with Gasteiger partial charge in [0.05, 0.1) is 4.90 Å². The summed E-state index contributed by atoms with van der Waals surface area (Å²) in [7, 11) is -3.78. The summed E-state index contributed by atoms with van der Waals surface area (Å²) < 4.78 is 41.7. The number of nitrogens with one attached hydrogen (secondary N) is 1. The Labute approximate surface area is 223 Å². The Morgan fingerprint density at radius 2 is 1.79 bits per heavy atom. The van der Waals surface area contributed by atoms with E-state index >= 15 is 0 Å². The van der Waals surface area contributed by atoms with Crippen LogP contribution < -0.4 is 14.5 Å². The number of benzene rings is 2. The summed E-state index contributed by atoms with van der Waals surface area (Å²) in [6, 6.07) is 12.7. The summed E-state index contributed by atoms with van der Waals surface area (Å²) in [6.45, 7) is 6.81. The summed E-state index contributed by atoms with van der Waals surface area (Å²) in [6.07, 6.45) is 3.21. The third-order valence-corrected chi connectivity index (χ3v) is 8.51. The Balaban J connectivity index is 0.00000353. The predicted octanol–water partition coefficient (Wildman–Crippen LogP) is 3.46. The number of anilines is 3. The van der Waals surface area contributed by atoms with Crippen LogP contribution in [0.2, 0.25) is 0 Å². The molecule has 0 spiro atoms. The van der Waals surface area contributed by atoms with E-state index in [0.717, 1.165) is 36.3 Å². The molecule has 1 aromatic heterocycles. The highest BCUT2D eigenvalue weighted by atomic mass is 32.2. The summed E-state index contributed by atoms with van der Waals surface area (Å²) in [5.41, 5.74) is 2.79. The lowest BCUT2D eigenvalue weighted by Crippen LogP contribution is -2.55. The molecule has 1 saturated heterocycles. The van der Waals surface area contributed by atoms with Crippen molar-refractivity contribution in [3.8, 4) is 0 Å². The molecule has 0 radical (unpaired) electrons. The number of piperazine rings is 1. The van der Waals surface area contributed by atoms with Crippen LogP contribution in [0.5, 0.6) is 0 Å². The average molecular weight is 541 g/mol. The summed E-state index contributed by atoms with van der Waals surface area (Å²) >= 11 is 0. The Hall–Kier alpha value is -3.73. The number of hydrogen-bond donors (Lipinski definition) is 1. The molecule has 202 valence electrons. The molecule has 9 nitrogen and oxygen atoms in total. The molecule has 11 heteroatoms. The minimum atomic E-state index is -3.78. The normalized spacial score (nSPS) is 16.7. The van der Waals surface area contributed by atoms with Gasteiger partial charge in [0.1, 0.15) is 23.5 Å². The molecule has 0 unspecified atom stereocenters.